The maximum Gasteiger partial charge on any atom is 0.293 e. The number of carbonyl (C=O) groups is 1. The van der Waals surface area contributed by atoms with Crippen LogP contribution in [0.1, 0.15) is 11.4 Å². The molecule has 0 radical (unpaired) electrons. The van der Waals surface area contributed by atoms with Gasteiger partial charge in [0.2, 0.25) is 0 Å². The fourth-order valence-corrected chi connectivity index (χ4v) is 0.852. The van der Waals surface area contributed by atoms with E-state index in [1.807, 2.05) is 6.92 Å². The number of nitrogens with zero attached hydrogens (tertiary/aromatic N) is 1. The second-order valence-corrected chi connectivity index (χ2v) is 2.18. The highest BCUT2D eigenvalue weighted by Gasteiger charge is 1.98. The summed E-state index contributed by atoms with van der Waals surface area (Å²) in [6.45, 7) is 2.77. The minimum atomic E-state index is 0.409. The van der Waals surface area contributed by atoms with Gasteiger partial charge in [0.05, 0.1) is 18.6 Å². The molecular weight excluding hydrogens is 144 g/mol. The van der Waals surface area contributed by atoms with E-state index >= 15 is 0 Å². The quantitative estimate of drug-likeness (QED) is 0.505. The van der Waals surface area contributed by atoms with E-state index in [0.29, 0.717) is 19.5 Å². The van der Waals surface area contributed by atoms with Gasteiger partial charge in [0.1, 0.15) is 0 Å². The second-order valence-electron chi connectivity index (χ2n) is 2.18. The molecule has 0 unspecified atom stereocenters. The van der Waals surface area contributed by atoms with Gasteiger partial charge >= 0.3 is 0 Å². The fourth-order valence-electron chi connectivity index (χ4n) is 0.852. The topological polar surface area (TPSA) is 55.0 Å². The molecule has 0 spiro atoms. The highest BCUT2D eigenvalue weighted by Crippen LogP contribution is 2.00. The fraction of sp³-hybridized carbons (Fsp3) is 0.429. The van der Waals surface area contributed by atoms with Gasteiger partial charge in [0.15, 0.2) is 0 Å². The molecule has 0 aromatic carbocycles. The van der Waals surface area contributed by atoms with E-state index < -0.39 is 0 Å². The van der Waals surface area contributed by atoms with E-state index in [1.54, 1.807) is 6.33 Å². The summed E-state index contributed by atoms with van der Waals surface area (Å²) >= 11 is 0. The summed E-state index contributed by atoms with van der Waals surface area (Å²) < 4.78 is 4.53. The normalized spacial score (nSPS) is 9.55. The molecule has 0 aliphatic heterocycles. The molecule has 0 amide bonds. The number of ether oxygens (including phenoxy) is 1. The molecule has 0 aliphatic carbocycles. The Bertz CT molecular complexity index is 232. The molecule has 1 heterocycles. The third-order valence-corrected chi connectivity index (χ3v) is 1.47. The summed E-state index contributed by atoms with van der Waals surface area (Å²) in [4.78, 5) is 16.7. The summed E-state index contributed by atoms with van der Waals surface area (Å²) in [5, 5.41) is 0. The van der Waals surface area contributed by atoms with Crippen LogP contribution in [-0.2, 0) is 16.0 Å². The standard InChI is InChI=1S/C7H10N2O2/c1-6-7(9-4-8-6)2-3-11-5-10/h4-5H,2-3H2,1H3,(H,8,9). The zero-order chi connectivity index (χ0) is 8.10. The lowest BCUT2D eigenvalue weighted by Crippen LogP contribution is -1.98. The molecule has 4 nitrogen and oxygen atoms in total. The van der Waals surface area contributed by atoms with Crippen LogP contribution in [0.15, 0.2) is 6.33 Å². The number of imidazole rings is 1. The number of hydrogen-bond acceptors (Lipinski definition) is 3. The SMILES string of the molecule is Cc1nc[nH]c1CCOC=O. The van der Waals surface area contributed by atoms with Crippen LogP contribution >= 0.6 is 0 Å². The van der Waals surface area contributed by atoms with Crippen molar-refractivity contribution in [3.05, 3.63) is 17.7 Å². The Labute approximate surface area is 64.6 Å². The van der Waals surface area contributed by atoms with E-state index in [4.69, 9.17) is 0 Å². The smallest absolute Gasteiger partial charge is 0.293 e. The van der Waals surface area contributed by atoms with Crippen molar-refractivity contribution in [2.45, 2.75) is 13.3 Å². The van der Waals surface area contributed by atoms with Gasteiger partial charge in [0.25, 0.3) is 6.47 Å². The highest BCUT2D eigenvalue weighted by atomic mass is 16.5. The minimum Gasteiger partial charge on any atom is -0.467 e. The Kier molecular flexibility index (Phi) is 2.66. The lowest BCUT2D eigenvalue weighted by atomic mass is 10.3. The van der Waals surface area contributed by atoms with E-state index in [0.717, 1.165) is 11.4 Å². The zero-order valence-corrected chi connectivity index (χ0v) is 6.33. The average Bonchev–Trinajstić information content (AvgIpc) is 2.37. The van der Waals surface area contributed by atoms with E-state index in [1.165, 1.54) is 0 Å². The van der Waals surface area contributed by atoms with Crippen LogP contribution < -0.4 is 0 Å². The highest BCUT2D eigenvalue weighted by molar-refractivity contribution is 5.36. The number of carbonyl (C=O) groups excluding carboxylic acids is 1. The number of aromatic amines is 1. The van der Waals surface area contributed by atoms with Gasteiger partial charge < -0.3 is 9.72 Å². The Morgan fingerprint density at radius 1 is 1.82 bits per heavy atom. The van der Waals surface area contributed by atoms with Crippen molar-refractivity contribution in [3.8, 4) is 0 Å². The van der Waals surface area contributed by atoms with Crippen molar-refractivity contribution in [3.63, 3.8) is 0 Å². The number of H-pyrrole nitrogens is 1. The summed E-state index contributed by atoms with van der Waals surface area (Å²) in [7, 11) is 0. The predicted molar refractivity (Wildman–Crippen MR) is 39.0 cm³/mol. The Balaban J connectivity index is 2.38. The van der Waals surface area contributed by atoms with Gasteiger partial charge in [0, 0.05) is 12.1 Å². The summed E-state index contributed by atoms with van der Waals surface area (Å²) in [5.74, 6) is 0. The average molecular weight is 154 g/mol. The van der Waals surface area contributed by atoms with Crippen LogP contribution in [0, 0.1) is 6.92 Å². The molecule has 4 heteroatoms. The monoisotopic (exact) mass is 154 g/mol. The van der Waals surface area contributed by atoms with Gasteiger partial charge in [-0.15, -0.1) is 0 Å². The molecule has 1 N–H and O–H groups in total. The Morgan fingerprint density at radius 3 is 3.18 bits per heavy atom. The number of hydrogen-bond donors (Lipinski definition) is 1. The van der Waals surface area contributed by atoms with E-state index in [2.05, 4.69) is 14.7 Å². The molecule has 0 saturated heterocycles. The van der Waals surface area contributed by atoms with Gasteiger partial charge in [-0.1, -0.05) is 0 Å². The van der Waals surface area contributed by atoms with E-state index in [-0.39, 0.29) is 0 Å². The third-order valence-electron chi connectivity index (χ3n) is 1.47. The first kappa shape index (κ1) is 7.78. The van der Waals surface area contributed by atoms with Gasteiger partial charge in [-0.2, -0.15) is 0 Å². The molecule has 1 rings (SSSR count). The van der Waals surface area contributed by atoms with Gasteiger partial charge in [-0.25, -0.2) is 4.98 Å². The number of nitrogens with one attached hydrogen (secondary N) is 1. The molecule has 0 bridgehead atoms. The maximum absolute atomic E-state index is 9.77. The lowest BCUT2D eigenvalue weighted by molar-refractivity contribution is -0.128. The summed E-state index contributed by atoms with van der Waals surface area (Å²) in [5.41, 5.74) is 1.98. The molecule has 0 saturated carbocycles. The van der Waals surface area contributed by atoms with Crippen molar-refractivity contribution < 1.29 is 9.53 Å². The molecule has 11 heavy (non-hydrogen) atoms. The predicted octanol–water partition coefficient (Wildman–Crippen LogP) is 0.434. The van der Waals surface area contributed by atoms with Crippen molar-refractivity contribution in [1.82, 2.24) is 9.97 Å². The van der Waals surface area contributed by atoms with Crippen molar-refractivity contribution >= 4 is 6.47 Å². The largest absolute Gasteiger partial charge is 0.467 e. The molecule has 1 aromatic rings. The first-order valence-corrected chi connectivity index (χ1v) is 3.38. The van der Waals surface area contributed by atoms with Crippen LogP contribution in [0.5, 0.6) is 0 Å². The first-order valence-electron chi connectivity index (χ1n) is 3.38. The molecule has 1 aromatic heterocycles. The summed E-state index contributed by atoms with van der Waals surface area (Å²) in [6.07, 6.45) is 2.33. The Hall–Kier alpha value is -1.32. The van der Waals surface area contributed by atoms with Crippen molar-refractivity contribution in [2.75, 3.05) is 6.61 Å². The number of aromatic nitrogens is 2. The first-order chi connectivity index (χ1) is 5.34. The molecule has 0 fully saturated rings. The van der Waals surface area contributed by atoms with Crippen LogP contribution in [-0.4, -0.2) is 23.0 Å². The molecular formula is C7H10N2O2. The van der Waals surface area contributed by atoms with E-state index in [9.17, 15) is 4.79 Å². The van der Waals surface area contributed by atoms with Crippen molar-refractivity contribution in [2.24, 2.45) is 0 Å². The molecule has 0 aliphatic rings. The minimum absolute atomic E-state index is 0.409. The molecule has 60 valence electrons. The van der Waals surface area contributed by atoms with Gasteiger partial charge in [-0.3, -0.25) is 4.79 Å². The maximum atomic E-state index is 9.77. The third kappa shape index (κ3) is 2.07. The molecule has 0 atom stereocenters. The number of aryl methyl sites for hydroxylation is 1. The van der Waals surface area contributed by atoms with Crippen LogP contribution in [0.3, 0.4) is 0 Å². The lowest BCUT2D eigenvalue weighted by Gasteiger charge is -1.96. The van der Waals surface area contributed by atoms with Crippen molar-refractivity contribution in [1.29, 1.82) is 0 Å². The van der Waals surface area contributed by atoms with Gasteiger partial charge in [-0.05, 0) is 6.92 Å². The Morgan fingerprint density at radius 2 is 2.64 bits per heavy atom. The zero-order valence-electron chi connectivity index (χ0n) is 6.33. The second kappa shape index (κ2) is 3.75. The van der Waals surface area contributed by atoms with Crippen LogP contribution in [0.2, 0.25) is 0 Å². The number of rotatable bonds is 4. The summed E-state index contributed by atoms with van der Waals surface area (Å²) in [6, 6.07) is 0. The van der Waals surface area contributed by atoms with Crippen LogP contribution in [0.25, 0.3) is 0 Å². The van der Waals surface area contributed by atoms with Crippen LogP contribution in [0.4, 0.5) is 0 Å².